The summed E-state index contributed by atoms with van der Waals surface area (Å²) >= 11 is 0. The van der Waals surface area contributed by atoms with Gasteiger partial charge in [-0.2, -0.15) is 0 Å². The molecule has 0 aliphatic heterocycles. The van der Waals surface area contributed by atoms with Crippen molar-refractivity contribution >= 4 is 17.5 Å². The van der Waals surface area contributed by atoms with Crippen molar-refractivity contribution in [2.45, 2.75) is 32.6 Å². The lowest BCUT2D eigenvalue weighted by Gasteiger charge is -2.23. The van der Waals surface area contributed by atoms with E-state index in [1.165, 1.54) is 0 Å². The SMILES string of the molecule is CCCCC(=O)NCCCN(C(=O)c1ccccc1)c1ccccc1. The molecule has 2 amide bonds. The Kier molecular flexibility index (Phi) is 7.70. The van der Waals surface area contributed by atoms with Crippen LogP contribution in [0.2, 0.25) is 0 Å². The topological polar surface area (TPSA) is 49.4 Å². The van der Waals surface area contributed by atoms with Crippen molar-refractivity contribution < 1.29 is 9.59 Å². The van der Waals surface area contributed by atoms with Crippen LogP contribution in [0.3, 0.4) is 0 Å². The molecule has 0 spiro atoms. The molecule has 4 heteroatoms. The number of para-hydroxylation sites is 1. The Morgan fingerprint density at radius 3 is 2.20 bits per heavy atom. The van der Waals surface area contributed by atoms with E-state index in [1.807, 2.05) is 60.7 Å². The largest absolute Gasteiger partial charge is 0.356 e. The van der Waals surface area contributed by atoms with E-state index in [0.29, 0.717) is 31.5 Å². The third-order valence-corrected chi connectivity index (χ3v) is 3.97. The minimum atomic E-state index is -0.0240. The van der Waals surface area contributed by atoms with Crippen LogP contribution in [0.25, 0.3) is 0 Å². The summed E-state index contributed by atoms with van der Waals surface area (Å²) in [4.78, 5) is 26.3. The molecule has 0 bridgehead atoms. The predicted molar refractivity (Wildman–Crippen MR) is 102 cm³/mol. The van der Waals surface area contributed by atoms with Gasteiger partial charge in [0.2, 0.25) is 5.91 Å². The lowest BCUT2D eigenvalue weighted by molar-refractivity contribution is -0.121. The Morgan fingerprint density at radius 2 is 1.56 bits per heavy atom. The van der Waals surface area contributed by atoms with Crippen molar-refractivity contribution in [3.05, 3.63) is 66.2 Å². The Morgan fingerprint density at radius 1 is 0.920 bits per heavy atom. The third kappa shape index (κ3) is 6.07. The first-order valence-corrected chi connectivity index (χ1v) is 8.91. The standard InChI is InChI=1S/C21H26N2O2/c1-2-3-15-20(24)22-16-10-17-23(19-13-8-5-9-14-19)21(25)18-11-6-4-7-12-18/h4-9,11-14H,2-3,10,15-17H2,1H3,(H,22,24). The monoisotopic (exact) mass is 338 g/mol. The minimum Gasteiger partial charge on any atom is -0.356 e. The molecule has 4 nitrogen and oxygen atoms in total. The van der Waals surface area contributed by atoms with E-state index in [1.54, 1.807) is 4.90 Å². The molecule has 0 radical (unpaired) electrons. The van der Waals surface area contributed by atoms with E-state index >= 15 is 0 Å². The first-order valence-electron chi connectivity index (χ1n) is 8.91. The second-order valence-corrected chi connectivity index (χ2v) is 5.97. The lowest BCUT2D eigenvalue weighted by Crippen LogP contribution is -2.34. The van der Waals surface area contributed by atoms with Crippen LogP contribution >= 0.6 is 0 Å². The normalized spacial score (nSPS) is 10.3. The number of nitrogens with one attached hydrogen (secondary N) is 1. The zero-order chi connectivity index (χ0) is 17.9. The van der Waals surface area contributed by atoms with Gasteiger partial charge < -0.3 is 10.2 Å². The molecule has 1 N–H and O–H groups in total. The fourth-order valence-corrected chi connectivity index (χ4v) is 2.58. The highest BCUT2D eigenvalue weighted by Gasteiger charge is 2.17. The summed E-state index contributed by atoms with van der Waals surface area (Å²) in [5.41, 5.74) is 1.53. The molecule has 0 unspecified atom stereocenters. The molecule has 0 heterocycles. The molecule has 25 heavy (non-hydrogen) atoms. The highest BCUT2D eigenvalue weighted by atomic mass is 16.2. The van der Waals surface area contributed by atoms with E-state index in [2.05, 4.69) is 12.2 Å². The van der Waals surface area contributed by atoms with Crippen molar-refractivity contribution in [2.75, 3.05) is 18.0 Å². The number of benzene rings is 2. The summed E-state index contributed by atoms with van der Waals surface area (Å²) in [6, 6.07) is 18.9. The summed E-state index contributed by atoms with van der Waals surface area (Å²) in [6.07, 6.45) is 3.21. The second kappa shape index (κ2) is 10.3. The van der Waals surface area contributed by atoms with Crippen LogP contribution in [0.1, 0.15) is 43.0 Å². The van der Waals surface area contributed by atoms with E-state index < -0.39 is 0 Å². The van der Waals surface area contributed by atoms with Crippen molar-refractivity contribution in [3.8, 4) is 0 Å². The van der Waals surface area contributed by atoms with Crippen LogP contribution in [0, 0.1) is 0 Å². The quantitative estimate of drug-likeness (QED) is 0.702. The van der Waals surface area contributed by atoms with Gasteiger partial charge in [0.15, 0.2) is 0 Å². The van der Waals surface area contributed by atoms with E-state index in [4.69, 9.17) is 0 Å². The van der Waals surface area contributed by atoms with Crippen LogP contribution in [0.4, 0.5) is 5.69 Å². The molecule has 0 aromatic heterocycles. The predicted octanol–water partition coefficient (Wildman–Crippen LogP) is 4.03. The number of rotatable bonds is 9. The van der Waals surface area contributed by atoms with Crippen molar-refractivity contribution in [1.82, 2.24) is 5.32 Å². The summed E-state index contributed by atoms with van der Waals surface area (Å²) in [6.45, 7) is 3.21. The molecule has 132 valence electrons. The van der Waals surface area contributed by atoms with Gasteiger partial charge in [-0.05, 0) is 37.1 Å². The lowest BCUT2D eigenvalue weighted by atomic mass is 10.1. The third-order valence-electron chi connectivity index (χ3n) is 3.97. The molecule has 0 saturated heterocycles. The molecular formula is C21H26N2O2. The molecular weight excluding hydrogens is 312 g/mol. The van der Waals surface area contributed by atoms with Gasteiger partial charge in [-0.25, -0.2) is 0 Å². The molecule has 2 rings (SSSR count). The maximum Gasteiger partial charge on any atom is 0.258 e. The summed E-state index contributed by atoms with van der Waals surface area (Å²) < 4.78 is 0. The fourth-order valence-electron chi connectivity index (χ4n) is 2.58. The van der Waals surface area contributed by atoms with Gasteiger partial charge in [0.1, 0.15) is 0 Å². The highest BCUT2D eigenvalue weighted by molar-refractivity contribution is 6.06. The van der Waals surface area contributed by atoms with Gasteiger partial charge in [-0.15, -0.1) is 0 Å². The molecule has 2 aromatic rings. The van der Waals surface area contributed by atoms with Gasteiger partial charge in [0.25, 0.3) is 5.91 Å². The van der Waals surface area contributed by atoms with Gasteiger partial charge in [0.05, 0.1) is 0 Å². The van der Waals surface area contributed by atoms with Crippen LogP contribution in [0.15, 0.2) is 60.7 Å². The fraction of sp³-hybridized carbons (Fsp3) is 0.333. The summed E-state index contributed by atoms with van der Waals surface area (Å²) in [5.74, 6) is 0.0617. The number of anilines is 1. The van der Waals surface area contributed by atoms with Gasteiger partial charge in [-0.3, -0.25) is 9.59 Å². The van der Waals surface area contributed by atoms with E-state index in [9.17, 15) is 9.59 Å². The van der Waals surface area contributed by atoms with Crippen molar-refractivity contribution in [2.24, 2.45) is 0 Å². The van der Waals surface area contributed by atoms with Crippen LogP contribution in [-0.2, 0) is 4.79 Å². The first-order chi connectivity index (χ1) is 12.2. The molecule has 2 aromatic carbocycles. The number of hydrogen-bond donors (Lipinski definition) is 1. The Bertz CT molecular complexity index is 656. The molecule has 0 aliphatic carbocycles. The second-order valence-electron chi connectivity index (χ2n) is 5.97. The molecule has 0 fully saturated rings. The molecule has 0 aliphatic rings. The van der Waals surface area contributed by atoms with E-state index in [0.717, 1.165) is 18.5 Å². The zero-order valence-corrected chi connectivity index (χ0v) is 14.8. The van der Waals surface area contributed by atoms with E-state index in [-0.39, 0.29) is 11.8 Å². The summed E-state index contributed by atoms with van der Waals surface area (Å²) in [5, 5.41) is 2.93. The van der Waals surface area contributed by atoms with Gasteiger partial charge in [-0.1, -0.05) is 49.7 Å². The number of carbonyl (C=O) groups is 2. The Labute approximate surface area is 149 Å². The van der Waals surface area contributed by atoms with Crippen molar-refractivity contribution in [3.63, 3.8) is 0 Å². The Hall–Kier alpha value is -2.62. The number of carbonyl (C=O) groups excluding carboxylic acids is 2. The zero-order valence-electron chi connectivity index (χ0n) is 14.8. The number of unbranched alkanes of at least 4 members (excludes halogenated alkanes) is 1. The number of amides is 2. The Balaban J connectivity index is 1.97. The average Bonchev–Trinajstić information content (AvgIpc) is 2.67. The summed E-state index contributed by atoms with van der Waals surface area (Å²) in [7, 11) is 0. The minimum absolute atomic E-state index is 0.0240. The van der Waals surface area contributed by atoms with Gasteiger partial charge in [0, 0.05) is 30.8 Å². The highest BCUT2D eigenvalue weighted by Crippen LogP contribution is 2.17. The molecule has 0 atom stereocenters. The average molecular weight is 338 g/mol. The number of nitrogens with zero attached hydrogens (tertiary/aromatic N) is 1. The smallest absolute Gasteiger partial charge is 0.258 e. The first kappa shape index (κ1) is 18.7. The maximum atomic E-state index is 12.9. The van der Waals surface area contributed by atoms with Crippen LogP contribution < -0.4 is 10.2 Å². The van der Waals surface area contributed by atoms with Crippen LogP contribution in [-0.4, -0.2) is 24.9 Å². The maximum absolute atomic E-state index is 12.9. The number of hydrogen-bond acceptors (Lipinski definition) is 2. The van der Waals surface area contributed by atoms with Crippen LogP contribution in [0.5, 0.6) is 0 Å². The molecule has 0 saturated carbocycles. The van der Waals surface area contributed by atoms with Crippen molar-refractivity contribution in [1.29, 1.82) is 0 Å². The van der Waals surface area contributed by atoms with Gasteiger partial charge >= 0.3 is 0 Å².